The Balaban J connectivity index is 3.25. The van der Waals surface area contributed by atoms with E-state index in [1.54, 1.807) is 0 Å². The molecule has 0 spiro atoms. The molecule has 82 valence electrons. The first-order valence-corrected chi connectivity index (χ1v) is 5.76. The number of carboxylic acid groups (broad SMARTS) is 1. The SMILES string of the molecule is CCC(C(=O)O)c1ccc(C)c(Br)c1C. The first kappa shape index (κ1) is 12.2. The summed E-state index contributed by atoms with van der Waals surface area (Å²) in [7, 11) is 0. The Labute approximate surface area is 98.4 Å². The van der Waals surface area contributed by atoms with Crippen molar-refractivity contribution in [1.82, 2.24) is 0 Å². The molecule has 0 bridgehead atoms. The van der Waals surface area contributed by atoms with Gasteiger partial charge in [0.05, 0.1) is 5.92 Å². The molecule has 1 aromatic carbocycles. The van der Waals surface area contributed by atoms with Crippen molar-refractivity contribution in [2.24, 2.45) is 0 Å². The molecule has 0 fully saturated rings. The van der Waals surface area contributed by atoms with Gasteiger partial charge in [-0.05, 0) is 37.0 Å². The van der Waals surface area contributed by atoms with Crippen molar-refractivity contribution in [1.29, 1.82) is 0 Å². The van der Waals surface area contributed by atoms with E-state index in [9.17, 15) is 4.79 Å². The van der Waals surface area contributed by atoms with Crippen LogP contribution in [0.3, 0.4) is 0 Å². The highest BCUT2D eigenvalue weighted by atomic mass is 79.9. The highest BCUT2D eigenvalue weighted by Crippen LogP contribution is 2.30. The largest absolute Gasteiger partial charge is 0.481 e. The highest BCUT2D eigenvalue weighted by Gasteiger charge is 2.20. The van der Waals surface area contributed by atoms with Crippen LogP contribution >= 0.6 is 15.9 Å². The van der Waals surface area contributed by atoms with E-state index >= 15 is 0 Å². The van der Waals surface area contributed by atoms with Gasteiger partial charge in [-0.15, -0.1) is 0 Å². The van der Waals surface area contributed by atoms with Gasteiger partial charge in [0.2, 0.25) is 0 Å². The second-order valence-corrected chi connectivity index (χ2v) is 4.50. The van der Waals surface area contributed by atoms with Crippen LogP contribution in [0.25, 0.3) is 0 Å². The molecular formula is C12H15BrO2. The average molecular weight is 271 g/mol. The lowest BCUT2D eigenvalue weighted by Crippen LogP contribution is -2.12. The molecule has 1 rings (SSSR count). The summed E-state index contributed by atoms with van der Waals surface area (Å²) < 4.78 is 1.01. The zero-order chi connectivity index (χ0) is 11.6. The molecule has 0 aliphatic heterocycles. The van der Waals surface area contributed by atoms with Crippen LogP contribution in [-0.2, 0) is 4.79 Å². The fourth-order valence-electron chi connectivity index (χ4n) is 1.74. The molecule has 1 unspecified atom stereocenters. The van der Waals surface area contributed by atoms with Crippen molar-refractivity contribution in [3.63, 3.8) is 0 Å². The third-order valence-corrected chi connectivity index (χ3v) is 3.92. The summed E-state index contributed by atoms with van der Waals surface area (Å²) in [6.07, 6.45) is 0.617. The van der Waals surface area contributed by atoms with Gasteiger partial charge in [0.25, 0.3) is 0 Å². The van der Waals surface area contributed by atoms with E-state index in [4.69, 9.17) is 5.11 Å². The first-order valence-electron chi connectivity index (χ1n) is 4.97. The number of aryl methyl sites for hydroxylation is 1. The summed E-state index contributed by atoms with van der Waals surface area (Å²) in [6.45, 7) is 5.85. The van der Waals surface area contributed by atoms with E-state index in [2.05, 4.69) is 15.9 Å². The third-order valence-electron chi connectivity index (χ3n) is 2.70. The summed E-state index contributed by atoms with van der Waals surface area (Å²) in [5.74, 6) is -1.15. The van der Waals surface area contributed by atoms with Crippen molar-refractivity contribution >= 4 is 21.9 Å². The average Bonchev–Trinajstić information content (AvgIpc) is 2.18. The van der Waals surface area contributed by atoms with Crippen molar-refractivity contribution in [3.05, 3.63) is 33.3 Å². The molecule has 3 heteroatoms. The number of benzene rings is 1. The van der Waals surface area contributed by atoms with Gasteiger partial charge in [-0.25, -0.2) is 0 Å². The number of halogens is 1. The second kappa shape index (κ2) is 4.79. The van der Waals surface area contributed by atoms with E-state index in [0.29, 0.717) is 6.42 Å². The van der Waals surface area contributed by atoms with Gasteiger partial charge in [0.1, 0.15) is 0 Å². The van der Waals surface area contributed by atoms with Crippen LogP contribution in [0.4, 0.5) is 0 Å². The number of hydrogen-bond acceptors (Lipinski definition) is 1. The molecule has 15 heavy (non-hydrogen) atoms. The van der Waals surface area contributed by atoms with Crippen LogP contribution in [0.2, 0.25) is 0 Å². The maximum absolute atomic E-state index is 11.1. The lowest BCUT2D eigenvalue weighted by molar-refractivity contribution is -0.138. The lowest BCUT2D eigenvalue weighted by atomic mass is 9.92. The van der Waals surface area contributed by atoms with Crippen LogP contribution in [0.1, 0.15) is 36.0 Å². The standard InChI is InChI=1S/C12H15BrO2/c1-4-9(12(14)15)10-6-5-7(2)11(13)8(10)3/h5-6,9H,4H2,1-3H3,(H,14,15). The van der Waals surface area contributed by atoms with Gasteiger partial charge in [0, 0.05) is 4.47 Å². The quantitative estimate of drug-likeness (QED) is 0.911. The van der Waals surface area contributed by atoms with Crippen LogP contribution in [0.5, 0.6) is 0 Å². The minimum Gasteiger partial charge on any atom is -0.481 e. The Kier molecular flexibility index (Phi) is 3.91. The number of carbonyl (C=O) groups is 1. The summed E-state index contributed by atoms with van der Waals surface area (Å²) in [4.78, 5) is 11.1. The Morgan fingerprint density at radius 2 is 2.07 bits per heavy atom. The number of rotatable bonds is 3. The molecular weight excluding hydrogens is 256 g/mol. The summed E-state index contributed by atoms with van der Waals surface area (Å²) >= 11 is 3.48. The topological polar surface area (TPSA) is 37.3 Å². The van der Waals surface area contributed by atoms with E-state index in [0.717, 1.165) is 21.2 Å². The van der Waals surface area contributed by atoms with Gasteiger partial charge < -0.3 is 5.11 Å². The van der Waals surface area contributed by atoms with Gasteiger partial charge in [-0.1, -0.05) is 35.0 Å². The fourth-order valence-corrected chi connectivity index (χ4v) is 2.10. The fraction of sp³-hybridized carbons (Fsp3) is 0.417. The summed E-state index contributed by atoms with van der Waals surface area (Å²) in [6, 6.07) is 3.87. The molecule has 0 aliphatic carbocycles. The molecule has 0 aliphatic rings. The van der Waals surface area contributed by atoms with Crippen molar-refractivity contribution in [3.8, 4) is 0 Å². The molecule has 0 aromatic heterocycles. The van der Waals surface area contributed by atoms with Crippen LogP contribution in [0, 0.1) is 13.8 Å². The van der Waals surface area contributed by atoms with Crippen LogP contribution < -0.4 is 0 Å². The van der Waals surface area contributed by atoms with E-state index in [1.807, 2.05) is 32.9 Å². The van der Waals surface area contributed by atoms with Crippen molar-refractivity contribution < 1.29 is 9.90 Å². The van der Waals surface area contributed by atoms with Gasteiger partial charge in [-0.3, -0.25) is 4.79 Å². The van der Waals surface area contributed by atoms with Crippen molar-refractivity contribution in [2.45, 2.75) is 33.1 Å². The van der Waals surface area contributed by atoms with E-state index in [1.165, 1.54) is 0 Å². The predicted octanol–water partition coefficient (Wildman–Crippen LogP) is 3.64. The highest BCUT2D eigenvalue weighted by molar-refractivity contribution is 9.10. The normalized spacial score (nSPS) is 12.5. The van der Waals surface area contributed by atoms with E-state index < -0.39 is 11.9 Å². The lowest BCUT2D eigenvalue weighted by Gasteiger charge is -2.15. The Morgan fingerprint density at radius 1 is 1.47 bits per heavy atom. The molecule has 0 heterocycles. The molecule has 0 amide bonds. The van der Waals surface area contributed by atoms with E-state index in [-0.39, 0.29) is 0 Å². The number of hydrogen-bond donors (Lipinski definition) is 1. The minimum absolute atomic E-state index is 0.401. The Morgan fingerprint density at radius 3 is 2.53 bits per heavy atom. The van der Waals surface area contributed by atoms with Crippen LogP contribution in [-0.4, -0.2) is 11.1 Å². The number of carboxylic acids is 1. The first-order chi connectivity index (χ1) is 6.99. The molecule has 1 atom stereocenters. The molecule has 0 saturated heterocycles. The molecule has 1 aromatic rings. The molecule has 2 nitrogen and oxygen atoms in total. The molecule has 1 N–H and O–H groups in total. The Bertz CT molecular complexity index is 385. The second-order valence-electron chi connectivity index (χ2n) is 3.71. The Hall–Kier alpha value is -0.830. The predicted molar refractivity (Wildman–Crippen MR) is 64.3 cm³/mol. The monoisotopic (exact) mass is 270 g/mol. The molecule has 0 radical (unpaired) electrons. The van der Waals surface area contributed by atoms with Crippen LogP contribution in [0.15, 0.2) is 16.6 Å². The summed E-state index contributed by atoms with van der Waals surface area (Å²) in [5.41, 5.74) is 3.07. The maximum atomic E-state index is 11.1. The summed E-state index contributed by atoms with van der Waals surface area (Å²) in [5, 5.41) is 9.10. The van der Waals surface area contributed by atoms with Gasteiger partial charge in [0.15, 0.2) is 0 Å². The van der Waals surface area contributed by atoms with Gasteiger partial charge in [-0.2, -0.15) is 0 Å². The maximum Gasteiger partial charge on any atom is 0.310 e. The third kappa shape index (κ3) is 2.40. The molecule has 0 saturated carbocycles. The number of aliphatic carboxylic acids is 1. The zero-order valence-electron chi connectivity index (χ0n) is 9.17. The zero-order valence-corrected chi connectivity index (χ0v) is 10.8. The smallest absolute Gasteiger partial charge is 0.310 e. The van der Waals surface area contributed by atoms with Gasteiger partial charge >= 0.3 is 5.97 Å². The van der Waals surface area contributed by atoms with Crippen molar-refractivity contribution in [2.75, 3.05) is 0 Å². The minimum atomic E-state index is -0.753.